The van der Waals surface area contributed by atoms with Gasteiger partial charge in [-0.1, -0.05) is 18.2 Å². The number of aliphatic carboxylic acids is 2. The Morgan fingerprint density at radius 2 is 1.50 bits per heavy atom. The number of morpholine rings is 1. The van der Waals surface area contributed by atoms with E-state index in [-0.39, 0.29) is 18.1 Å². The van der Waals surface area contributed by atoms with Crippen LogP contribution in [0.3, 0.4) is 0 Å². The number of methoxy groups -OCH3 is 1. The largest absolute Gasteiger partial charge is 0.497 e. The molecular weight excluding hydrogens is 580 g/mol. The Balaban J connectivity index is 0.000000367. The van der Waals surface area contributed by atoms with Crippen LogP contribution < -0.4 is 4.74 Å². The van der Waals surface area contributed by atoms with Crippen LogP contribution in [0, 0.1) is 0 Å². The standard InChI is InChI=1S/C22H27N3O3.2C2HF3O2/c1-27-20-7-5-18(6-8-20)14-24-12-9-22(10-13-24)17-25(21(26)16-28-22)15-19-4-2-3-11-23-19;2*3-2(4,5)1(6)7/h2-8,11H,9-10,12-17H2,1H3;2*(H,6,7). The van der Waals surface area contributed by atoms with Gasteiger partial charge in [-0.05, 0) is 42.7 Å². The second-order valence-electron chi connectivity index (χ2n) is 9.27. The molecule has 0 atom stereocenters. The highest BCUT2D eigenvalue weighted by Crippen LogP contribution is 2.31. The van der Waals surface area contributed by atoms with Crippen molar-refractivity contribution in [3.63, 3.8) is 0 Å². The van der Waals surface area contributed by atoms with Crippen LogP contribution in [-0.4, -0.2) is 94.1 Å². The predicted molar refractivity (Wildman–Crippen MR) is 133 cm³/mol. The van der Waals surface area contributed by atoms with E-state index in [9.17, 15) is 31.1 Å². The summed E-state index contributed by atoms with van der Waals surface area (Å²) >= 11 is 0. The van der Waals surface area contributed by atoms with Gasteiger partial charge in [0.25, 0.3) is 0 Å². The van der Waals surface area contributed by atoms with Crippen LogP contribution in [0.4, 0.5) is 26.3 Å². The molecule has 0 unspecified atom stereocenters. The van der Waals surface area contributed by atoms with Gasteiger partial charge in [0, 0.05) is 25.8 Å². The van der Waals surface area contributed by atoms with Crippen molar-refractivity contribution in [3.8, 4) is 5.75 Å². The molecule has 2 saturated heterocycles. The fourth-order valence-corrected chi connectivity index (χ4v) is 4.03. The lowest BCUT2D eigenvalue weighted by molar-refractivity contribution is -0.193. The molecule has 42 heavy (non-hydrogen) atoms. The van der Waals surface area contributed by atoms with E-state index >= 15 is 0 Å². The Morgan fingerprint density at radius 3 is 1.95 bits per heavy atom. The molecular formula is C26H29F6N3O7. The summed E-state index contributed by atoms with van der Waals surface area (Å²) in [5, 5.41) is 14.2. The molecule has 4 rings (SSSR count). The first kappa shape index (κ1) is 34.3. The van der Waals surface area contributed by atoms with Crippen molar-refractivity contribution < 1.29 is 60.4 Å². The van der Waals surface area contributed by atoms with Gasteiger partial charge in [0.15, 0.2) is 0 Å². The van der Waals surface area contributed by atoms with Gasteiger partial charge in [0.05, 0.1) is 31.5 Å². The number of aromatic nitrogens is 1. The number of amides is 1. The highest BCUT2D eigenvalue weighted by atomic mass is 19.4. The molecule has 2 N–H and O–H groups in total. The molecule has 2 aliphatic heterocycles. The predicted octanol–water partition coefficient (Wildman–Crippen LogP) is 3.75. The Labute approximate surface area is 236 Å². The smallest absolute Gasteiger partial charge is 0.490 e. The number of carbonyl (C=O) groups excluding carboxylic acids is 1. The molecule has 0 saturated carbocycles. The first-order valence-electron chi connectivity index (χ1n) is 12.3. The Kier molecular flexibility index (Phi) is 12.1. The fourth-order valence-electron chi connectivity index (χ4n) is 4.03. The fraction of sp³-hybridized carbons (Fsp3) is 0.462. The first-order chi connectivity index (χ1) is 19.5. The lowest BCUT2D eigenvalue weighted by Gasteiger charge is -2.47. The van der Waals surface area contributed by atoms with Gasteiger partial charge >= 0.3 is 24.3 Å². The van der Waals surface area contributed by atoms with E-state index < -0.39 is 24.3 Å². The van der Waals surface area contributed by atoms with Gasteiger partial charge in [0.1, 0.15) is 12.4 Å². The van der Waals surface area contributed by atoms with Crippen LogP contribution in [0.1, 0.15) is 24.1 Å². The monoisotopic (exact) mass is 609 g/mol. The van der Waals surface area contributed by atoms with E-state index in [4.69, 9.17) is 29.3 Å². The Hall–Kier alpha value is -3.92. The van der Waals surface area contributed by atoms with Gasteiger partial charge in [-0.3, -0.25) is 14.7 Å². The molecule has 1 spiro atoms. The minimum Gasteiger partial charge on any atom is -0.497 e. The number of hydrogen-bond acceptors (Lipinski definition) is 7. The summed E-state index contributed by atoms with van der Waals surface area (Å²) in [6.07, 6.45) is -6.52. The molecule has 0 aliphatic carbocycles. The van der Waals surface area contributed by atoms with Gasteiger partial charge in [0.2, 0.25) is 5.91 Å². The number of rotatable bonds is 5. The maximum atomic E-state index is 12.3. The number of pyridine rings is 1. The number of halogens is 6. The van der Waals surface area contributed by atoms with Crippen molar-refractivity contribution in [2.75, 3.05) is 33.4 Å². The highest BCUT2D eigenvalue weighted by molar-refractivity contribution is 5.78. The molecule has 1 amide bonds. The van der Waals surface area contributed by atoms with E-state index in [1.807, 2.05) is 35.2 Å². The van der Waals surface area contributed by atoms with E-state index in [1.54, 1.807) is 13.3 Å². The maximum Gasteiger partial charge on any atom is 0.490 e. The van der Waals surface area contributed by atoms with Gasteiger partial charge in [-0.15, -0.1) is 0 Å². The third-order valence-corrected chi connectivity index (χ3v) is 6.23. The summed E-state index contributed by atoms with van der Waals surface area (Å²) in [6, 6.07) is 14.1. The van der Waals surface area contributed by atoms with Crippen molar-refractivity contribution >= 4 is 17.8 Å². The summed E-state index contributed by atoms with van der Waals surface area (Å²) in [5.41, 5.74) is 1.98. The van der Waals surface area contributed by atoms with Crippen molar-refractivity contribution in [2.24, 2.45) is 0 Å². The lowest BCUT2D eigenvalue weighted by atomic mass is 9.89. The summed E-state index contributed by atoms with van der Waals surface area (Å²) < 4.78 is 74.8. The van der Waals surface area contributed by atoms with Crippen LogP contribution >= 0.6 is 0 Å². The van der Waals surface area contributed by atoms with Gasteiger partial charge < -0.3 is 24.6 Å². The number of carbonyl (C=O) groups is 3. The number of carboxylic acids is 2. The van der Waals surface area contributed by atoms with Gasteiger partial charge in [-0.25, -0.2) is 9.59 Å². The zero-order valence-corrected chi connectivity index (χ0v) is 22.3. The molecule has 1 aromatic heterocycles. The SMILES string of the molecule is COc1ccc(CN2CCC3(CC2)CN(Cc2ccccn2)C(=O)CO3)cc1.O=C(O)C(F)(F)F.O=C(O)C(F)(F)F. The van der Waals surface area contributed by atoms with Crippen molar-refractivity contribution in [1.29, 1.82) is 0 Å². The molecule has 16 heteroatoms. The maximum absolute atomic E-state index is 12.3. The molecule has 0 radical (unpaired) electrons. The number of likely N-dealkylation sites (tertiary alicyclic amines) is 1. The van der Waals surface area contributed by atoms with Crippen molar-refractivity contribution in [3.05, 3.63) is 59.9 Å². The van der Waals surface area contributed by atoms with E-state index in [0.717, 1.165) is 43.9 Å². The zero-order chi connectivity index (χ0) is 31.6. The quantitative estimate of drug-likeness (QED) is 0.487. The number of ether oxygens (including phenoxy) is 2. The number of alkyl halides is 6. The average Bonchev–Trinajstić information content (AvgIpc) is 2.93. The molecule has 1 aromatic carbocycles. The summed E-state index contributed by atoms with van der Waals surface area (Å²) in [7, 11) is 1.69. The van der Waals surface area contributed by atoms with Crippen LogP contribution in [0.2, 0.25) is 0 Å². The average molecular weight is 610 g/mol. The van der Waals surface area contributed by atoms with E-state index in [2.05, 4.69) is 22.0 Å². The van der Waals surface area contributed by atoms with Crippen molar-refractivity contribution in [1.82, 2.24) is 14.8 Å². The van der Waals surface area contributed by atoms with Crippen molar-refractivity contribution in [2.45, 2.75) is 43.9 Å². The molecule has 2 fully saturated rings. The molecule has 0 bridgehead atoms. The van der Waals surface area contributed by atoms with Crippen LogP contribution in [-0.2, 0) is 32.2 Å². The zero-order valence-electron chi connectivity index (χ0n) is 22.3. The van der Waals surface area contributed by atoms with Crippen LogP contribution in [0.25, 0.3) is 0 Å². The number of benzene rings is 1. The van der Waals surface area contributed by atoms with E-state index in [1.165, 1.54) is 5.56 Å². The number of piperidine rings is 1. The highest BCUT2D eigenvalue weighted by Gasteiger charge is 2.42. The summed E-state index contributed by atoms with van der Waals surface area (Å²) in [6.45, 7) is 4.25. The Bertz CT molecular complexity index is 1150. The first-order valence-corrected chi connectivity index (χ1v) is 12.3. The number of carboxylic acid groups (broad SMARTS) is 2. The molecule has 2 aliphatic rings. The molecule has 232 valence electrons. The summed E-state index contributed by atoms with van der Waals surface area (Å²) in [4.78, 5) is 38.8. The molecule has 10 nitrogen and oxygen atoms in total. The summed E-state index contributed by atoms with van der Waals surface area (Å²) in [5.74, 6) is -4.58. The van der Waals surface area contributed by atoms with E-state index in [0.29, 0.717) is 13.1 Å². The molecule has 2 aromatic rings. The second kappa shape index (κ2) is 14.8. The second-order valence-corrected chi connectivity index (χ2v) is 9.27. The topological polar surface area (TPSA) is 130 Å². The lowest BCUT2D eigenvalue weighted by Crippen LogP contribution is -2.58. The normalized spacial score (nSPS) is 16.9. The van der Waals surface area contributed by atoms with Crippen LogP contribution in [0.15, 0.2) is 48.7 Å². The number of hydrogen-bond donors (Lipinski definition) is 2. The third kappa shape index (κ3) is 11.2. The van der Waals surface area contributed by atoms with Gasteiger partial charge in [-0.2, -0.15) is 26.3 Å². The third-order valence-electron chi connectivity index (χ3n) is 6.23. The number of nitrogens with zero attached hydrogens (tertiary/aromatic N) is 3. The molecule has 3 heterocycles. The minimum atomic E-state index is -5.08. The minimum absolute atomic E-state index is 0.0527. The Morgan fingerprint density at radius 1 is 0.952 bits per heavy atom. The van der Waals surface area contributed by atoms with Crippen LogP contribution in [0.5, 0.6) is 5.75 Å².